The highest BCUT2D eigenvalue weighted by Gasteiger charge is 2.17. The Kier molecular flexibility index (Phi) is 4.03. The van der Waals surface area contributed by atoms with Gasteiger partial charge in [-0.3, -0.25) is 4.98 Å². The summed E-state index contributed by atoms with van der Waals surface area (Å²) in [5.74, 6) is -0.962. The van der Waals surface area contributed by atoms with Crippen LogP contribution in [-0.2, 0) is 16.0 Å². The first kappa shape index (κ1) is 11.1. The number of halogens is 1. The Hall–Kier alpha value is -0.940. The van der Waals surface area contributed by atoms with Crippen LogP contribution in [0.2, 0.25) is 0 Å². The number of aliphatic carboxylic acids is 1. The molecule has 14 heavy (non-hydrogen) atoms. The third kappa shape index (κ3) is 2.78. The first-order valence-corrected chi connectivity index (χ1v) is 4.78. The highest BCUT2D eigenvalue weighted by Crippen LogP contribution is 2.16. The van der Waals surface area contributed by atoms with E-state index in [0.29, 0.717) is 6.42 Å². The predicted octanol–water partition coefficient (Wildman–Crippen LogP) is 1.49. The van der Waals surface area contributed by atoms with E-state index in [4.69, 9.17) is 9.84 Å². The van der Waals surface area contributed by atoms with E-state index in [1.165, 1.54) is 7.11 Å². The van der Waals surface area contributed by atoms with Gasteiger partial charge in [-0.25, -0.2) is 4.79 Å². The largest absolute Gasteiger partial charge is 0.479 e. The summed E-state index contributed by atoms with van der Waals surface area (Å²) in [6.07, 6.45) is 2.77. The van der Waals surface area contributed by atoms with Crippen LogP contribution in [0.25, 0.3) is 0 Å². The van der Waals surface area contributed by atoms with Gasteiger partial charge in [-0.2, -0.15) is 0 Å². The second-order valence-corrected chi connectivity index (χ2v) is 3.59. The van der Waals surface area contributed by atoms with Crippen molar-refractivity contribution in [3.05, 3.63) is 28.5 Å². The van der Waals surface area contributed by atoms with Crippen LogP contribution < -0.4 is 0 Å². The number of nitrogens with zero attached hydrogens (tertiary/aromatic N) is 1. The number of ether oxygens (including phenoxy) is 1. The Bertz CT molecular complexity index is 330. The van der Waals surface area contributed by atoms with Gasteiger partial charge in [-0.15, -0.1) is 0 Å². The van der Waals surface area contributed by atoms with E-state index < -0.39 is 12.1 Å². The number of carboxylic acids is 1. The van der Waals surface area contributed by atoms with Gasteiger partial charge < -0.3 is 9.84 Å². The molecule has 0 bridgehead atoms. The van der Waals surface area contributed by atoms with Gasteiger partial charge in [-0.1, -0.05) is 0 Å². The molecule has 0 saturated heterocycles. The lowest BCUT2D eigenvalue weighted by atomic mass is 10.1. The molecule has 0 spiro atoms. The summed E-state index contributed by atoms with van der Waals surface area (Å²) >= 11 is 3.29. The van der Waals surface area contributed by atoms with E-state index in [1.54, 1.807) is 18.5 Å². The van der Waals surface area contributed by atoms with Crippen LogP contribution >= 0.6 is 15.9 Å². The van der Waals surface area contributed by atoms with Crippen molar-refractivity contribution in [2.24, 2.45) is 0 Å². The normalized spacial score (nSPS) is 12.4. The number of rotatable bonds is 4. The van der Waals surface area contributed by atoms with Crippen molar-refractivity contribution < 1.29 is 14.6 Å². The summed E-state index contributed by atoms with van der Waals surface area (Å²) < 4.78 is 5.62. The van der Waals surface area contributed by atoms with Crippen molar-refractivity contribution in [2.75, 3.05) is 7.11 Å². The lowest BCUT2D eigenvalue weighted by Gasteiger charge is -2.10. The molecule has 5 heteroatoms. The topological polar surface area (TPSA) is 59.4 Å². The highest BCUT2D eigenvalue weighted by atomic mass is 79.9. The number of aromatic nitrogens is 1. The van der Waals surface area contributed by atoms with Gasteiger partial charge in [0.25, 0.3) is 0 Å². The summed E-state index contributed by atoms with van der Waals surface area (Å²) in [7, 11) is 1.38. The molecule has 1 N–H and O–H groups in total. The lowest BCUT2D eigenvalue weighted by Crippen LogP contribution is -2.24. The predicted molar refractivity (Wildman–Crippen MR) is 54.1 cm³/mol. The van der Waals surface area contributed by atoms with E-state index >= 15 is 0 Å². The van der Waals surface area contributed by atoms with Crippen molar-refractivity contribution in [1.82, 2.24) is 4.98 Å². The van der Waals surface area contributed by atoms with E-state index in [2.05, 4.69) is 20.9 Å². The van der Waals surface area contributed by atoms with Gasteiger partial charge >= 0.3 is 5.97 Å². The first-order chi connectivity index (χ1) is 6.65. The lowest BCUT2D eigenvalue weighted by molar-refractivity contribution is -0.148. The molecule has 0 aliphatic carbocycles. The van der Waals surface area contributed by atoms with E-state index in [1.807, 2.05) is 0 Å². The van der Waals surface area contributed by atoms with Crippen molar-refractivity contribution in [3.63, 3.8) is 0 Å². The quantitative estimate of drug-likeness (QED) is 0.890. The molecule has 1 atom stereocenters. The van der Waals surface area contributed by atoms with Crippen LogP contribution in [-0.4, -0.2) is 29.3 Å². The number of hydrogen-bond acceptors (Lipinski definition) is 3. The molecule has 76 valence electrons. The molecule has 0 radical (unpaired) electrons. The molecule has 1 aromatic heterocycles. The van der Waals surface area contributed by atoms with Crippen molar-refractivity contribution in [2.45, 2.75) is 12.5 Å². The average Bonchev–Trinajstić information content (AvgIpc) is 2.16. The minimum absolute atomic E-state index is 0.328. The smallest absolute Gasteiger partial charge is 0.333 e. The maximum atomic E-state index is 10.7. The minimum atomic E-state index is -0.962. The molecule has 0 fully saturated rings. The third-order valence-corrected chi connectivity index (χ3v) is 2.54. The zero-order chi connectivity index (χ0) is 10.6. The van der Waals surface area contributed by atoms with Crippen molar-refractivity contribution in [3.8, 4) is 0 Å². The molecule has 1 aromatic rings. The summed E-state index contributed by atoms with van der Waals surface area (Å²) in [6, 6.07) is 1.76. The molecule has 0 aliphatic heterocycles. The van der Waals surface area contributed by atoms with Gasteiger partial charge in [0.1, 0.15) is 0 Å². The fourth-order valence-corrected chi connectivity index (χ4v) is 1.45. The van der Waals surface area contributed by atoms with Crippen LogP contribution in [0.3, 0.4) is 0 Å². The molecular formula is C9H10BrNO3. The number of pyridine rings is 1. The summed E-state index contributed by atoms with van der Waals surface area (Å²) in [4.78, 5) is 14.6. The second-order valence-electron chi connectivity index (χ2n) is 2.73. The van der Waals surface area contributed by atoms with Gasteiger partial charge in [0, 0.05) is 30.4 Å². The molecule has 1 unspecified atom stereocenters. The standard InChI is InChI=1S/C9H10BrNO3/c1-14-8(9(12)13)4-6-2-3-11-5-7(6)10/h2-3,5,8H,4H2,1H3,(H,12,13). The SMILES string of the molecule is COC(Cc1ccncc1Br)C(=O)O. The van der Waals surface area contributed by atoms with Crippen LogP contribution in [0, 0.1) is 0 Å². The number of carbonyl (C=O) groups is 1. The molecule has 0 amide bonds. The summed E-state index contributed by atoms with van der Waals surface area (Å²) in [5.41, 5.74) is 0.870. The maximum Gasteiger partial charge on any atom is 0.333 e. The van der Waals surface area contributed by atoms with Gasteiger partial charge in [0.05, 0.1) is 0 Å². The van der Waals surface area contributed by atoms with Gasteiger partial charge in [0.2, 0.25) is 0 Å². The summed E-state index contributed by atoms with van der Waals surface area (Å²) in [5, 5.41) is 8.77. The third-order valence-electron chi connectivity index (χ3n) is 1.82. The number of hydrogen-bond donors (Lipinski definition) is 1. The molecule has 0 aliphatic rings. The maximum absolute atomic E-state index is 10.7. The monoisotopic (exact) mass is 259 g/mol. The fraction of sp³-hybridized carbons (Fsp3) is 0.333. The molecule has 0 saturated carbocycles. The Morgan fingerprint density at radius 2 is 2.50 bits per heavy atom. The number of carboxylic acid groups (broad SMARTS) is 1. The van der Waals surface area contributed by atoms with E-state index in [-0.39, 0.29) is 0 Å². The molecular weight excluding hydrogens is 250 g/mol. The van der Waals surface area contributed by atoms with E-state index in [0.717, 1.165) is 10.0 Å². The highest BCUT2D eigenvalue weighted by molar-refractivity contribution is 9.10. The Balaban J connectivity index is 2.77. The average molecular weight is 260 g/mol. The Labute approximate surface area is 90.0 Å². The molecule has 1 rings (SSSR count). The van der Waals surface area contributed by atoms with Crippen LogP contribution in [0.15, 0.2) is 22.9 Å². The van der Waals surface area contributed by atoms with Crippen LogP contribution in [0.4, 0.5) is 0 Å². The zero-order valence-corrected chi connectivity index (χ0v) is 9.19. The fourth-order valence-electron chi connectivity index (χ4n) is 1.04. The first-order valence-electron chi connectivity index (χ1n) is 3.99. The van der Waals surface area contributed by atoms with E-state index in [9.17, 15) is 4.79 Å². The van der Waals surface area contributed by atoms with Crippen LogP contribution in [0.1, 0.15) is 5.56 Å². The van der Waals surface area contributed by atoms with Crippen molar-refractivity contribution in [1.29, 1.82) is 0 Å². The zero-order valence-electron chi connectivity index (χ0n) is 7.61. The summed E-state index contributed by atoms with van der Waals surface area (Å²) in [6.45, 7) is 0. The van der Waals surface area contributed by atoms with Crippen molar-refractivity contribution >= 4 is 21.9 Å². The Morgan fingerprint density at radius 3 is 3.00 bits per heavy atom. The molecule has 4 nitrogen and oxygen atoms in total. The molecule has 0 aromatic carbocycles. The van der Waals surface area contributed by atoms with Gasteiger partial charge in [-0.05, 0) is 27.6 Å². The van der Waals surface area contributed by atoms with Gasteiger partial charge in [0.15, 0.2) is 6.10 Å². The molecule has 1 heterocycles. The minimum Gasteiger partial charge on any atom is -0.479 e. The van der Waals surface area contributed by atoms with Crippen LogP contribution in [0.5, 0.6) is 0 Å². The Morgan fingerprint density at radius 1 is 1.79 bits per heavy atom. The second kappa shape index (κ2) is 5.07. The number of methoxy groups -OCH3 is 1.